The van der Waals surface area contributed by atoms with Crippen LogP contribution in [0.1, 0.15) is 53.4 Å². The number of nitrogens with zero attached hydrogens (tertiary/aromatic N) is 1. The Morgan fingerprint density at radius 2 is 1.36 bits per heavy atom. The number of carbonyl (C=O) groups is 7. The highest BCUT2D eigenvalue weighted by molar-refractivity contribution is 5.98. The molecule has 2 aliphatic rings. The van der Waals surface area contributed by atoms with Crippen molar-refractivity contribution in [2.45, 2.75) is 89.6 Å². The summed E-state index contributed by atoms with van der Waals surface area (Å²) in [6, 6.07) is -7.50. The lowest BCUT2D eigenvalue weighted by atomic mass is 10.0. The van der Waals surface area contributed by atoms with E-state index in [4.69, 9.17) is 0 Å². The number of amides is 6. The molecular formula is C24H38N6O9. The van der Waals surface area contributed by atoms with E-state index >= 15 is 0 Å². The van der Waals surface area contributed by atoms with E-state index in [1.807, 2.05) is 0 Å². The summed E-state index contributed by atoms with van der Waals surface area (Å²) in [6.45, 7) is 5.72. The maximum absolute atomic E-state index is 13.1. The van der Waals surface area contributed by atoms with Crippen LogP contribution in [0.25, 0.3) is 0 Å². The molecule has 7 N–H and O–H groups in total. The first-order valence-electron chi connectivity index (χ1n) is 12.9. The summed E-state index contributed by atoms with van der Waals surface area (Å²) in [5.41, 5.74) is 0. The SMILES string of the molecule is CC(C)C[C@@H]1NC(=O)[C@@H](C)NC(=O)[C@H]2CCCN2C(=O)[C@@H](C)NC(=O)[C@H](CO)NC(=O)[C@@H](CC(=O)O)NC1=O. The van der Waals surface area contributed by atoms with Crippen molar-refractivity contribution in [1.82, 2.24) is 31.5 Å². The molecule has 2 rings (SSSR count). The van der Waals surface area contributed by atoms with Gasteiger partial charge in [-0.1, -0.05) is 13.8 Å². The van der Waals surface area contributed by atoms with E-state index in [0.29, 0.717) is 12.8 Å². The molecule has 2 aliphatic heterocycles. The molecule has 2 heterocycles. The Morgan fingerprint density at radius 3 is 1.95 bits per heavy atom. The van der Waals surface area contributed by atoms with Crippen molar-refractivity contribution in [1.29, 1.82) is 0 Å². The summed E-state index contributed by atoms with van der Waals surface area (Å²) in [6.07, 6.45) is 0.134. The second kappa shape index (κ2) is 13.9. The molecule has 15 nitrogen and oxygen atoms in total. The van der Waals surface area contributed by atoms with Crippen molar-refractivity contribution in [3.05, 3.63) is 0 Å². The maximum atomic E-state index is 13.1. The number of carboxylic acids is 1. The van der Waals surface area contributed by atoms with Crippen LogP contribution in [0.15, 0.2) is 0 Å². The van der Waals surface area contributed by atoms with Crippen LogP contribution in [0, 0.1) is 5.92 Å². The smallest absolute Gasteiger partial charge is 0.305 e. The van der Waals surface area contributed by atoms with Crippen molar-refractivity contribution in [2.75, 3.05) is 13.2 Å². The largest absolute Gasteiger partial charge is 0.481 e. The Morgan fingerprint density at radius 1 is 0.821 bits per heavy atom. The number of aliphatic hydroxyl groups excluding tert-OH is 1. The first-order chi connectivity index (χ1) is 18.2. The van der Waals surface area contributed by atoms with E-state index in [0.717, 1.165) is 0 Å². The van der Waals surface area contributed by atoms with E-state index in [1.165, 1.54) is 18.7 Å². The zero-order valence-electron chi connectivity index (χ0n) is 22.5. The van der Waals surface area contributed by atoms with Crippen LogP contribution in [0.3, 0.4) is 0 Å². The monoisotopic (exact) mass is 554 g/mol. The average Bonchev–Trinajstić information content (AvgIpc) is 3.34. The Bertz CT molecular complexity index is 987. The fourth-order valence-corrected chi connectivity index (χ4v) is 4.42. The first kappa shape index (κ1) is 31.5. The predicted molar refractivity (Wildman–Crippen MR) is 135 cm³/mol. The number of aliphatic carboxylic acids is 1. The molecular weight excluding hydrogens is 516 g/mol. The normalized spacial score (nSPS) is 29.8. The molecule has 2 fully saturated rings. The molecule has 0 aromatic heterocycles. The fourth-order valence-electron chi connectivity index (χ4n) is 4.42. The summed E-state index contributed by atoms with van der Waals surface area (Å²) in [5, 5.41) is 31.0. The Balaban J connectivity index is 2.43. The molecule has 0 unspecified atom stereocenters. The van der Waals surface area contributed by atoms with Crippen LogP contribution in [-0.4, -0.2) is 106 Å². The Hall–Kier alpha value is -3.75. The van der Waals surface area contributed by atoms with Gasteiger partial charge in [-0.25, -0.2) is 0 Å². The highest BCUT2D eigenvalue weighted by Gasteiger charge is 2.39. The van der Waals surface area contributed by atoms with Gasteiger partial charge in [0.2, 0.25) is 35.4 Å². The molecule has 39 heavy (non-hydrogen) atoms. The fraction of sp³-hybridized carbons (Fsp3) is 0.708. The molecule has 0 aromatic rings. The van der Waals surface area contributed by atoms with Crippen molar-refractivity contribution < 1.29 is 43.8 Å². The maximum Gasteiger partial charge on any atom is 0.305 e. The summed E-state index contributed by atoms with van der Waals surface area (Å²) in [5.74, 6) is -6.20. The molecule has 6 amide bonds. The van der Waals surface area contributed by atoms with E-state index in [1.54, 1.807) is 13.8 Å². The van der Waals surface area contributed by atoms with Gasteiger partial charge in [0.05, 0.1) is 13.0 Å². The summed E-state index contributed by atoms with van der Waals surface area (Å²) in [7, 11) is 0. The first-order valence-corrected chi connectivity index (χ1v) is 12.9. The van der Waals surface area contributed by atoms with Crippen molar-refractivity contribution in [2.24, 2.45) is 5.92 Å². The number of rotatable bonds is 5. The van der Waals surface area contributed by atoms with Gasteiger partial charge in [0, 0.05) is 6.54 Å². The van der Waals surface area contributed by atoms with E-state index < -0.39 is 90.7 Å². The van der Waals surface area contributed by atoms with Crippen LogP contribution < -0.4 is 26.6 Å². The van der Waals surface area contributed by atoms with Gasteiger partial charge in [-0.05, 0) is 39.0 Å². The summed E-state index contributed by atoms with van der Waals surface area (Å²) >= 11 is 0. The minimum atomic E-state index is -1.65. The molecule has 0 aromatic carbocycles. The lowest BCUT2D eigenvalue weighted by Crippen LogP contribution is -2.61. The highest BCUT2D eigenvalue weighted by atomic mass is 16.4. The van der Waals surface area contributed by atoms with Gasteiger partial charge in [-0.3, -0.25) is 33.6 Å². The number of carbonyl (C=O) groups excluding carboxylic acids is 6. The highest BCUT2D eigenvalue weighted by Crippen LogP contribution is 2.19. The van der Waals surface area contributed by atoms with Gasteiger partial charge in [0.15, 0.2) is 0 Å². The number of hydrogen-bond acceptors (Lipinski definition) is 8. The molecule has 0 aliphatic carbocycles. The van der Waals surface area contributed by atoms with Crippen LogP contribution in [0.2, 0.25) is 0 Å². The van der Waals surface area contributed by atoms with E-state index in [9.17, 15) is 43.8 Å². The average molecular weight is 555 g/mol. The third-order valence-electron chi connectivity index (χ3n) is 6.49. The van der Waals surface area contributed by atoms with Crippen LogP contribution in [0.5, 0.6) is 0 Å². The van der Waals surface area contributed by atoms with Crippen molar-refractivity contribution in [3.8, 4) is 0 Å². The molecule has 2 saturated heterocycles. The number of carboxylic acid groups (broad SMARTS) is 1. The van der Waals surface area contributed by atoms with Gasteiger partial charge >= 0.3 is 5.97 Å². The number of fused-ring (bicyclic) bond motifs is 1. The van der Waals surface area contributed by atoms with Crippen LogP contribution in [-0.2, 0) is 33.6 Å². The standard InChI is InChI=1S/C24H38N6O9/c1-11(2)8-14-20(35)28-15(9-18(32)33)21(36)29-16(10-31)22(37)26-13(4)24(39)30-7-5-6-17(30)23(38)25-12(3)19(34)27-14/h11-17,31H,5-10H2,1-4H3,(H,25,38)(H,26,37)(H,27,34)(H,28,35)(H,29,36)(H,32,33)/t12-,13-,14+,15-,16+,17-/m1/s1. The zero-order valence-corrected chi connectivity index (χ0v) is 22.5. The van der Waals surface area contributed by atoms with Gasteiger partial charge in [0.1, 0.15) is 36.3 Å². The number of aliphatic hydroxyl groups is 1. The molecule has 0 saturated carbocycles. The second-order valence-corrected chi connectivity index (χ2v) is 10.2. The quantitative estimate of drug-likeness (QED) is 0.183. The van der Waals surface area contributed by atoms with Crippen molar-refractivity contribution >= 4 is 41.4 Å². The predicted octanol–water partition coefficient (Wildman–Crippen LogP) is -3.03. The topological polar surface area (TPSA) is 223 Å². The second-order valence-electron chi connectivity index (χ2n) is 10.2. The van der Waals surface area contributed by atoms with E-state index in [2.05, 4.69) is 26.6 Å². The molecule has 6 atom stereocenters. The Kier molecular flexibility index (Phi) is 11.2. The summed E-state index contributed by atoms with van der Waals surface area (Å²) < 4.78 is 0. The zero-order chi connectivity index (χ0) is 29.4. The lowest BCUT2D eigenvalue weighted by molar-refractivity contribution is -0.143. The van der Waals surface area contributed by atoms with Crippen LogP contribution in [0.4, 0.5) is 0 Å². The molecule has 0 bridgehead atoms. The van der Waals surface area contributed by atoms with Gasteiger partial charge in [-0.2, -0.15) is 0 Å². The Labute approximate surface area is 225 Å². The number of nitrogens with one attached hydrogen (secondary N) is 5. The molecule has 0 radical (unpaired) electrons. The van der Waals surface area contributed by atoms with Crippen molar-refractivity contribution in [3.63, 3.8) is 0 Å². The van der Waals surface area contributed by atoms with E-state index in [-0.39, 0.29) is 18.9 Å². The molecule has 0 spiro atoms. The molecule has 218 valence electrons. The lowest BCUT2D eigenvalue weighted by Gasteiger charge is -2.30. The molecule has 15 heteroatoms. The third-order valence-corrected chi connectivity index (χ3v) is 6.49. The minimum Gasteiger partial charge on any atom is -0.481 e. The van der Waals surface area contributed by atoms with Gasteiger partial charge in [0.25, 0.3) is 0 Å². The number of hydrogen-bond donors (Lipinski definition) is 7. The summed E-state index contributed by atoms with van der Waals surface area (Å²) in [4.78, 5) is 90.4. The van der Waals surface area contributed by atoms with Gasteiger partial charge < -0.3 is 41.7 Å². The van der Waals surface area contributed by atoms with Crippen LogP contribution >= 0.6 is 0 Å². The van der Waals surface area contributed by atoms with Gasteiger partial charge in [-0.15, -0.1) is 0 Å². The third kappa shape index (κ3) is 8.63. The minimum absolute atomic E-state index is 0.0990.